The normalized spacial score (nSPS) is 25.0. The van der Waals surface area contributed by atoms with Crippen molar-refractivity contribution in [3.05, 3.63) is 29.8 Å². The maximum atomic E-state index is 12.6. The van der Waals surface area contributed by atoms with E-state index in [1.807, 2.05) is 12.1 Å². The highest BCUT2D eigenvalue weighted by molar-refractivity contribution is 5.83. The number of methoxy groups -OCH3 is 1. The molecule has 0 unspecified atom stereocenters. The van der Waals surface area contributed by atoms with Gasteiger partial charge >= 0.3 is 0 Å². The Balaban J connectivity index is 1.60. The average Bonchev–Trinajstić information content (AvgIpc) is 3.11. The highest BCUT2D eigenvalue weighted by Gasteiger charge is 2.46. The van der Waals surface area contributed by atoms with E-state index in [4.69, 9.17) is 4.74 Å². The number of carbonyl (C=O) groups excluding carboxylic acids is 1. The van der Waals surface area contributed by atoms with E-state index in [1.54, 1.807) is 7.11 Å². The smallest absolute Gasteiger partial charge is 0.224 e. The third kappa shape index (κ3) is 3.13. The van der Waals surface area contributed by atoms with Gasteiger partial charge < -0.3 is 10.1 Å². The Morgan fingerprint density at radius 2 is 2.00 bits per heavy atom. The number of rotatable bonds is 5. The van der Waals surface area contributed by atoms with Gasteiger partial charge in [0.15, 0.2) is 0 Å². The van der Waals surface area contributed by atoms with Crippen LogP contribution >= 0.6 is 0 Å². The summed E-state index contributed by atoms with van der Waals surface area (Å²) in [5, 5.41) is 3.32. The second-order valence-corrected chi connectivity index (χ2v) is 7.42. The van der Waals surface area contributed by atoms with Crippen LogP contribution in [0.4, 0.5) is 0 Å². The van der Waals surface area contributed by atoms with Crippen molar-refractivity contribution in [3.63, 3.8) is 0 Å². The Bertz CT molecular complexity index is 546. The summed E-state index contributed by atoms with van der Waals surface area (Å²) in [5.74, 6) is 2.22. The van der Waals surface area contributed by atoms with Gasteiger partial charge in [0.1, 0.15) is 5.75 Å². The largest absolute Gasteiger partial charge is 0.497 e. The number of carbonyl (C=O) groups is 1. The number of hydrogen-bond acceptors (Lipinski definition) is 2. The molecule has 0 aliphatic heterocycles. The molecular weight excluding hydrogens is 274 g/mol. The highest BCUT2D eigenvalue weighted by Crippen LogP contribution is 2.48. The zero-order valence-electron chi connectivity index (χ0n) is 13.9. The predicted molar refractivity (Wildman–Crippen MR) is 88.0 cm³/mol. The first-order chi connectivity index (χ1) is 10.5. The molecule has 2 saturated carbocycles. The summed E-state index contributed by atoms with van der Waals surface area (Å²) in [7, 11) is 1.68. The maximum absolute atomic E-state index is 12.6. The Morgan fingerprint density at radius 1 is 1.27 bits per heavy atom. The fourth-order valence-corrected chi connectivity index (χ4v) is 3.89. The minimum Gasteiger partial charge on any atom is -0.497 e. The van der Waals surface area contributed by atoms with Crippen molar-refractivity contribution in [2.45, 2.75) is 57.4 Å². The van der Waals surface area contributed by atoms with Crippen LogP contribution in [0.25, 0.3) is 0 Å². The molecule has 0 spiro atoms. The molecule has 3 nitrogen and oxygen atoms in total. The van der Waals surface area contributed by atoms with E-state index >= 15 is 0 Å². The Kier molecular flexibility index (Phi) is 4.16. The number of nitrogens with one attached hydrogen (secondary N) is 1. The van der Waals surface area contributed by atoms with Crippen molar-refractivity contribution >= 4 is 5.91 Å². The van der Waals surface area contributed by atoms with Gasteiger partial charge in [-0.3, -0.25) is 4.79 Å². The van der Waals surface area contributed by atoms with Crippen molar-refractivity contribution in [2.75, 3.05) is 7.11 Å². The van der Waals surface area contributed by atoms with Gasteiger partial charge in [-0.15, -0.1) is 0 Å². The third-order valence-electron chi connectivity index (χ3n) is 5.47. The lowest BCUT2D eigenvalue weighted by Crippen LogP contribution is -2.49. The van der Waals surface area contributed by atoms with Crippen LogP contribution in [0.3, 0.4) is 0 Å². The molecule has 0 aromatic heterocycles. The molecule has 2 fully saturated rings. The maximum Gasteiger partial charge on any atom is 0.224 e. The van der Waals surface area contributed by atoms with E-state index in [0.29, 0.717) is 11.8 Å². The second-order valence-electron chi connectivity index (χ2n) is 7.42. The van der Waals surface area contributed by atoms with E-state index in [2.05, 4.69) is 31.3 Å². The molecule has 3 rings (SSSR count). The van der Waals surface area contributed by atoms with E-state index in [0.717, 1.165) is 12.2 Å². The molecule has 0 saturated heterocycles. The van der Waals surface area contributed by atoms with Crippen molar-refractivity contribution in [1.82, 2.24) is 5.32 Å². The molecule has 2 aliphatic rings. The van der Waals surface area contributed by atoms with E-state index in [-0.39, 0.29) is 17.4 Å². The Labute approximate surface area is 133 Å². The Hall–Kier alpha value is -1.51. The molecule has 2 aliphatic carbocycles. The minimum absolute atomic E-state index is 0.0743. The van der Waals surface area contributed by atoms with Crippen molar-refractivity contribution in [1.29, 1.82) is 0 Å². The summed E-state index contributed by atoms with van der Waals surface area (Å²) in [6, 6.07) is 8.11. The first kappa shape index (κ1) is 15.4. The first-order valence-electron chi connectivity index (χ1n) is 8.47. The molecular formula is C19H27NO2. The molecule has 0 bridgehead atoms. The van der Waals surface area contributed by atoms with Gasteiger partial charge in [-0.1, -0.05) is 25.0 Å². The van der Waals surface area contributed by atoms with Crippen molar-refractivity contribution in [3.8, 4) is 5.75 Å². The van der Waals surface area contributed by atoms with Gasteiger partial charge in [0.2, 0.25) is 5.91 Å². The number of ether oxygens (including phenoxy) is 1. The van der Waals surface area contributed by atoms with Crippen LogP contribution in [0.5, 0.6) is 5.75 Å². The van der Waals surface area contributed by atoms with Gasteiger partial charge in [0.25, 0.3) is 0 Å². The average molecular weight is 301 g/mol. The van der Waals surface area contributed by atoms with Crippen LogP contribution in [-0.2, 0) is 4.79 Å². The third-order valence-corrected chi connectivity index (χ3v) is 5.47. The lowest BCUT2D eigenvalue weighted by molar-refractivity contribution is -0.124. The van der Waals surface area contributed by atoms with Gasteiger partial charge in [-0.05, 0) is 62.6 Å². The van der Waals surface area contributed by atoms with Crippen molar-refractivity contribution in [2.24, 2.45) is 11.8 Å². The van der Waals surface area contributed by atoms with Gasteiger partial charge in [-0.25, -0.2) is 0 Å². The van der Waals surface area contributed by atoms with Crippen LogP contribution in [0.2, 0.25) is 0 Å². The molecule has 1 aromatic rings. The molecule has 1 aromatic carbocycles. The summed E-state index contributed by atoms with van der Waals surface area (Å²) in [6.07, 6.45) is 6.06. The first-order valence-corrected chi connectivity index (χ1v) is 8.47. The van der Waals surface area contributed by atoms with Crippen molar-refractivity contribution < 1.29 is 9.53 Å². The van der Waals surface area contributed by atoms with E-state index < -0.39 is 0 Å². The summed E-state index contributed by atoms with van der Waals surface area (Å²) < 4.78 is 5.28. The predicted octanol–water partition coefficient (Wildman–Crippen LogP) is 3.88. The summed E-state index contributed by atoms with van der Waals surface area (Å²) in [4.78, 5) is 12.6. The summed E-state index contributed by atoms with van der Waals surface area (Å²) in [5.41, 5.74) is 1.15. The fourth-order valence-electron chi connectivity index (χ4n) is 3.89. The standard InChI is InChI=1S/C19H27NO2/c1-19(2,14-8-4-5-9-14)20-18(21)17-12-16(17)13-7-6-10-15(11-13)22-3/h6-7,10-11,14,16-17H,4-5,8-9,12H2,1-3H3,(H,20,21)/t16-,17+/m1/s1. The zero-order chi connectivity index (χ0) is 15.7. The Morgan fingerprint density at radius 3 is 2.68 bits per heavy atom. The van der Waals surface area contributed by atoms with Crippen LogP contribution in [0.1, 0.15) is 57.4 Å². The molecule has 0 heterocycles. The van der Waals surface area contributed by atoms with Gasteiger partial charge in [-0.2, -0.15) is 0 Å². The van der Waals surface area contributed by atoms with Crippen LogP contribution in [0, 0.1) is 11.8 Å². The summed E-state index contributed by atoms with van der Waals surface area (Å²) >= 11 is 0. The lowest BCUT2D eigenvalue weighted by Gasteiger charge is -2.33. The highest BCUT2D eigenvalue weighted by atomic mass is 16.5. The van der Waals surface area contributed by atoms with Gasteiger partial charge in [0.05, 0.1) is 7.11 Å². The topological polar surface area (TPSA) is 38.3 Å². The minimum atomic E-state index is -0.0743. The monoisotopic (exact) mass is 301 g/mol. The molecule has 0 radical (unpaired) electrons. The quantitative estimate of drug-likeness (QED) is 0.896. The van der Waals surface area contributed by atoms with E-state index in [9.17, 15) is 4.79 Å². The molecule has 1 N–H and O–H groups in total. The molecule has 1 amide bonds. The number of hydrogen-bond donors (Lipinski definition) is 1. The van der Waals surface area contributed by atoms with Crippen LogP contribution in [-0.4, -0.2) is 18.6 Å². The SMILES string of the molecule is COc1cccc([C@H]2C[C@@H]2C(=O)NC(C)(C)C2CCCC2)c1. The fraction of sp³-hybridized carbons (Fsp3) is 0.632. The van der Waals surface area contributed by atoms with E-state index in [1.165, 1.54) is 31.2 Å². The lowest BCUT2D eigenvalue weighted by atomic mass is 9.86. The zero-order valence-corrected chi connectivity index (χ0v) is 13.9. The molecule has 120 valence electrons. The molecule has 2 atom stereocenters. The van der Waals surface area contributed by atoms with Crippen LogP contribution < -0.4 is 10.1 Å². The number of amides is 1. The molecule has 22 heavy (non-hydrogen) atoms. The van der Waals surface area contributed by atoms with Gasteiger partial charge in [0, 0.05) is 11.5 Å². The van der Waals surface area contributed by atoms with Crippen LogP contribution in [0.15, 0.2) is 24.3 Å². The molecule has 3 heteroatoms. The summed E-state index contributed by atoms with van der Waals surface area (Å²) in [6.45, 7) is 4.37. The number of benzene rings is 1. The second kappa shape index (κ2) is 5.94.